The van der Waals surface area contributed by atoms with E-state index in [9.17, 15) is 14.4 Å². The largest absolute Gasteiger partial charge is 0.475 e. The van der Waals surface area contributed by atoms with E-state index in [2.05, 4.69) is 15.9 Å². The van der Waals surface area contributed by atoms with Gasteiger partial charge < -0.3 is 5.11 Å². The molecule has 1 N–H and O–H groups in total. The summed E-state index contributed by atoms with van der Waals surface area (Å²) in [4.78, 5) is 33.6. The Morgan fingerprint density at radius 3 is 2.48 bits per heavy atom. The van der Waals surface area contributed by atoms with E-state index in [0.717, 1.165) is 15.6 Å². The van der Waals surface area contributed by atoms with Crippen molar-refractivity contribution >= 4 is 45.1 Å². The van der Waals surface area contributed by atoms with Gasteiger partial charge in [-0.15, -0.1) is 0 Å². The van der Waals surface area contributed by atoms with Gasteiger partial charge in [-0.1, -0.05) is 41.9 Å². The molecule has 0 amide bonds. The lowest BCUT2D eigenvalue weighted by molar-refractivity contribution is -0.148. The fourth-order valence-electron chi connectivity index (χ4n) is 2.08. The van der Waals surface area contributed by atoms with Gasteiger partial charge in [-0.2, -0.15) is 0 Å². The number of carbonyl (C=O) groups is 3. The molecular formula is C17H12BrClO4. The maximum atomic E-state index is 12.0. The first-order chi connectivity index (χ1) is 10.9. The van der Waals surface area contributed by atoms with Crippen molar-refractivity contribution in [1.82, 2.24) is 0 Å². The van der Waals surface area contributed by atoms with Crippen LogP contribution in [0.4, 0.5) is 0 Å². The summed E-state index contributed by atoms with van der Waals surface area (Å²) >= 11 is 9.48. The molecule has 0 aliphatic rings. The molecule has 0 unspecified atom stereocenters. The Labute approximate surface area is 146 Å². The highest BCUT2D eigenvalue weighted by atomic mass is 79.9. The van der Waals surface area contributed by atoms with E-state index in [1.165, 1.54) is 0 Å². The molecule has 6 heteroatoms. The Morgan fingerprint density at radius 2 is 1.78 bits per heavy atom. The molecule has 0 aromatic heterocycles. The predicted octanol–water partition coefficient (Wildman–Crippen LogP) is 3.92. The molecule has 2 aromatic carbocycles. The maximum absolute atomic E-state index is 12.0. The van der Waals surface area contributed by atoms with Crippen LogP contribution in [0.15, 0.2) is 46.9 Å². The molecule has 0 saturated carbocycles. The molecule has 0 heterocycles. The highest BCUT2D eigenvalue weighted by Crippen LogP contribution is 2.28. The third-order valence-corrected chi connectivity index (χ3v) is 4.71. The van der Waals surface area contributed by atoms with Crippen LogP contribution >= 0.6 is 27.5 Å². The minimum Gasteiger partial charge on any atom is -0.475 e. The van der Waals surface area contributed by atoms with Crippen LogP contribution < -0.4 is 0 Å². The first-order valence-corrected chi connectivity index (χ1v) is 7.86. The highest BCUT2D eigenvalue weighted by Gasteiger charge is 2.18. The van der Waals surface area contributed by atoms with E-state index in [1.54, 1.807) is 24.3 Å². The first kappa shape index (κ1) is 17.4. The van der Waals surface area contributed by atoms with Crippen molar-refractivity contribution in [2.24, 2.45) is 0 Å². The predicted molar refractivity (Wildman–Crippen MR) is 90.0 cm³/mol. The Morgan fingerprint density at radius 1 is 1.09 bits per heavy atom. The third kappa shape index (κ3) is 4.50. The molecule has 2 aromatic rings. The van der Waals surface area contributed by atoms with Crippen LogP contribution in [0.25, 0.3) is 0 Å². The fourth-order valence-corrected chi connectivity index (χ4v) is 2.68. The van der Waals surface area contributed by atoms with Gasteiger partial charge in [0.15, 0.2) is 5.78 Å². The van der Waals surface area contributed by atoms with Gasteiger partial charge in [0.2, 0.25) is 5.78 Å². The second kappa shape index (κ2) is 7.53. The van der Waals surface area contributed by atoms with E-state index in [0.29, 0.717) is 17.0 Å². The molecule has 0 spiro atoms. The maximum Gasteiger partial charge on any atom is 0.372 e. The number of benzene rings is 2. The standard InChI is InChI=1S/C17H12BrClO4/c18-16-12(5-2-6-13(16)19)8-10-3-1-4-11(7-10)14(20)9-15(21)17(22)23/h1-7H,8-9H2,(H,22,23). The van der Waals surface area contributed by atoms with E-state index in [1.807, 2.05) is 18.2 Å². The summed E-state index contributed by atoms with van der Waals surface area (Å²) in [6.45, 7) is 0. The monoisotopic (exact) mass is 394 g/mol. The van der Waals surface area contributed by atoms with Crippen LogP contribution in [-0.2, 0) is 16.0 Å². The van der Waals surface area contributed by atoms with Crippen molar-refractivity contribution in [2.75, 3.05) is 0 Å². The minimum atomic E-state index is -1.60. The number of hydrogen-bond donors (Lipinski definition) is 1. The molecule has 0 radical (unpaired) electrons. The second-order valence-electron chi connectivity index (χ2n) is 4.92. The van der Waals surface area contributed by atoms with Gasteiger partial charge in [0.25, 0.3) is 0 Å². The smallest absolute Gasteiger partial charge is 0.372 e. The molecule has 4 nitrogen and oxygen atoms in total. The number of rotatable bonds is 6. The average Bonchev–Trinajstić information content (AvgIpc) is 2.52. The van der Waals surface area contributed by atoms with Gasteiger partial charge in [0.1, 0.15) is 0 Å². The highest BCUT2D eigenvalue weighted by molar-refractivity contribution is 9.10. The Bertz CT molecular complexity index is 786. The van der Waals surface area contributed by atoms with E-state index in [-0.39, 0.29) is 0 Å². The second-order valence-corrected chi connectivity index (χ2v) is 6.12. The zero-order chi connectivity index (χ0) is 17.0. The number of ketones is 2. The van der Waals surface area contributed by atoms with Crippen LogP contribution in [0.5, 0.6) is 0 Å². The molecule has 118 valence electrons. The molecule has 0 aliphatic heterocycles. The lowest BCUT2D eigenvalue weighted by Crippen LogP contribution is -2.17. The number of carboxylic acids is 1. The molecule has 0 aliphatic carbocycles. The fraction of sp³-hybridized carbons (Fsp3) is 0.118. The Balaban J connectivity index is 2.20. The molecule has 0 saturated heterocycles. The number of carboxylic acid groups (broad SMARTS) is 1. The van der Waals surface area contributed by atoms with Crippen molar-refractivity contribution in [1.29, 1.82) is 0 Å². The summed E-state index contributed by atoms with van der Waals surface area (Å²) in [5.41, 5.74) is 2.14. The van der Waals surface area contributed by atoms with Crippen molar-refractivity contribution in [3.63, 3.8) is 0 Å². The summed E-state index contributed by atoms with van der Waals surface area (Å²) < 4.78 is 0.791. The van der Waals surface area contributed by atoms with E-state index >= 15 is 0 Å². The quantitative estimate of drug-likeness (QED) is 0.457. The van der Waals surface area contributed by atoms with Gasteiger partial charge in [0.05, 0.1) is 11.4 Å². The van der Waals surface area contributed by atoms with Gasteiger partial charge in [-0.3, -0.25) is 9.59 Å². The molecule has 23 heavy (non-hydrogen) atoms. The van der Waals surface area contributed by atoms with Gasteiger partial charge in [0, 0.05) is 10.0 Å². The molecular weight excluding hydrogens is 384 g/mol. The summed E-state index contributed by atoms with van der Waals surface area (Å²) in [5, 5.41) is 9.16. The van der Waals surface area contributed by atoms with Crippen molar-refractivity contribution in [3.05, 3.63) is 68.7 Å². The van der Waals surface area contributed by atoms with Crippen molar-refractivity contribution in [3.8, 4) is 0 Å². The zero-order valence-electron chi connectivity index (χ0n) is 11.9. The third-order valence-electron chi connectivity index (χ3n) is 3.23. The summed E-state index contributed by atoms with van der Waals surface area (Å²) in [6, 6.07) is 12.3. The van der Waals surface area contributed by atoms with Crippen LogP contribution in [0.1, 0.15) is 27.9 Å². The first-order valence-electron chi connectivity index (χ1n) is 6.69. The molecule has 2 rings (SSSR count). The van der Waals surface area contributed by atoms with E-state index in [4.69, 9.17) is 16.7 Å². The number of hydrogen-bond acceptors (Lipinski definition) is 3. The van der Waals surface area contributed by atoms with Crippen molar-refractivity contribution in [2.45, 2.75) is 12.8 Å². The van der Waals surface area contributed by atoms with Gasteiger partial charge >= 0.3 is 5.97 Å². The number of aliphatic carboxylic acids is 1. The van der Waals surface area contributed by atoms with Gasteiger partial charge in [-0.05, 0) is 45.6 Å². The van der Waals surface area contributed by atoms with Gasteiger partial charge in [-0.25, -0.2) is 4.79 Å². The minimum absolute atomic E-state index is 0.315. The number of carbonyl (C=O) groups excluding carboxylic acids is 2. The van der Waals surface area contributed by atoms with Crippen LogP contribution in [0, 0.1) is 0 Å². The normalized spacial score (nSPS) is 10.3. The van der Waals surface area contributed by atoms with Crippen LogP contribution in [-0.4, -0.2) is 22.6 Å². The lowest BCUT2D eigenvalue weighted by atomic mass is 9.99. The number of Topliss-reactive ketones (excluding diaryl/α,β-unsaturated/α-hetero) is 2. The molecule has 0 fully saturated rings. The Kier molecular flexibility index (Phi) is 5.69. The average molecular weight is 396 g/mol. The SMILES string of the molecule is O=C(O)C(=O)CC(=O)c1cccc(Cc2cccc(Cl)c2Br)c1. The van der Waals surface area contributed by atoms with Crippen LogP contribution in [0.2, 0.25) is 5.02 Å². The van der Waals surface area contributed by atoms with E-state index < -0.39 is 24.0 Å². The van der Waals surface area contributed by atoms with Crippen molar-refractivity contribution < 1.29 is 19.5 Å². The summed E-state index contributed by atoms with van der Waals surface area (Å²) in [6.07, 6.45) is -0.0885. The summed E-state index contributed by atoms with van der Waals surface area (Å²) in [5.74, 6) is -3.22. The molecule has 0 bridgehead atoms. The lowest BCUT2D eigenvalue weighted by Gasteiger charge is -2.07. The molecule has 0 atom stereocenters. The van der Waals surface area contributed by atoms with Crippen LogP contribution in [0.3, 0.4) is 0 Å². The summed E-state index contributed by atoms with van der Waals surface area (Å²) in [7, 11) is 0. The Hall–Kier alpha value is -1.98. The zero-order valence-corrected chi connectivity index (χ0v) is 14.2. The topological polar surface area (TPSA) is 71.4 Å². The number of halogens is 2.